The van der Waals surface area contributed by atoms with Crippen molar-refractivity contribution in [1.82, 2.24) is 10.3 Å². The predicted molar refractivity (Wildman–Crippen MR) is 47.2 cm³/mol. The van der Waals surface area contributed by atoms with Gasteiger partial charge in [-0.1, -0.05) is 0 Å². The Labute approximate surface area is 75.2 Å². The predicted octanol–water partition coefficient (Wildman–Crippen LogP) is -0.108. The van der Waals surface area contributed by atoms with Crippen LogP contribution in [0.2, 0.25) is 0 Å². The third-order valence-corrected chi connectivity index (χ3v) is 2.21. The quantitative estimate of drug-likeness (QED) is 0.578. The van der Waals surface area contributed by atoms with E-state index in [1.54, 1.807) is 6.07 Å². The van der Waals surface area contributed by atoms with Crippen LogP contribution in [-0.2, 0) is 13.0 Å². The molecule has 0 aromatic carbocycles. The Morgan fingerprint density at radius 2 is 2.38 bits per heavy atom. The van der Waals surface area contributed by atoms with E-state index >= 15 is 0 Å². The van der Waals surface area contributed by atoms with Gasteiger partial charge in [0.15, 0.2) is 0 Å². The number of nitriles is 1. The molecular formula is C9H9N3O. The smallest absolute Gasteiger partial charge is 0.266 e. The van der Waals surface area contributed by atoms with Crippen LogP contribution in [0.15, 0.2) is 10.9 Å². The largest absolute Gasteiger partial charge is 0.324 e. The summed E-state index contributed by atoms with van der Waals surface area (Å²) >= 11 is 0. The van der Waals surface area contributed by atoms with E-state index in [9.17, 15) is 4.79 Å². The number of H-pyrrole nitrogens is 1. The zero-order chi connectivity index (χ0) is 9.26. The van der Waals surface area contributed by atoms with Crippen LogP contribution >= 0.6 is 0 Å². The van der Waals surface area contributed by atoms with Gasteiger partial charge in [0.25, 0.3) is 5.56 Å². The van der Waals surface area contributed by atoms with E-state index in [1.165, 1.54) is 0 Å². The first-order chi connectivity index (χ1) is 6.31. The zero-order valence-corrected chi connectivity index (χ0v) is 7.05. The van der Waals surface area contributed by atoms with Gasteiger partial charge in [0.1, 0.15) is 11.6 Å². The summed E-state index contributed by atoms with van der Waals surface area (Å²) in [4.78, 5) is 13.9. The number of pyridine rings is 1. The third-order valence-electron chi connectivity index (χ3n) is 2.21. The van der Waals surface area contributed by atoms with Crippen molar-refractivity contribution < 1.29 is 0 Å². The fourth-order valence-corrected chi connectivity index (χ4v) is 1.51. The highest BCUT2D eigenvalue weighted by Crippen LogP contribution is 2.09. The van der Waals surface area contributed by atoms with Crippen LogP contribution in [-0.4, -0.2) is 11.5 Å². The Hall–Kier alpha value is -1.60. The number of aromatic nitrogens is 1. The molecule has 2 N–H and O–H groups in total. The number of hydrogen-bond donors (Lipinski definition) is 2. The van der Waals surface area contributed by atoms with Gasteiger partial charge >= 0.3 is 0 Å². The van der Waals surface area contributed by atoms with Crippen molar-refractivity contribution in [3.05, 3.63) is 33.2 Å². The second kappa shape index (κ2) is 3.04. The summed E-state index contributed by atoms with van der Waals surface area (Å²) in [5.74, 6) is 0. The molecule has 66 valence electrons. The molecule has 1 aliphatic heterocycles. The Kier molecular flexibility index (Phi) is 1.87. The normalized spacial score (nSPS) is 14.7. The molecular weight excluding hydrogens is 166 g/mol. The maximum Gasteiger partial charge on any atom is 0.266 e. The summed E-state index contributed by atoms with van der Waals surface area (Å²) in [6.45, 7) is 1.60. The number of rotatable bonds is 0. The van der Waals surface area contributed by atoms with Gasteiger partial charge in [-0.3, -0.25) is 4.79 Å². The SMILES string of the molecule is N#Cc1cc2c([nH]c1=O)CNCC2. The maximum atomic E-state index is 11.2. The van der Waals surface area contributed by atoms with Gasteiger partial charge < -0.3 is 10.3 Å². The number of aromatic amines is 1. The molecule has 4 heteroatoms. The fraction of sp³-hybridized carbons (Fsp3) is 0.333. The lowest BCUT2D eigenvalue weighted by Crippen LogP contribution is -2.28. The van der Waals surface area contributed by atoms with Gasteiger partial charge in [0.05, 0.1) is 0 Å². The molecule has 0 spiro atoms. The number of nitrogens with one attached hydrogen (secondary N) is 2. The molecule has 0 bridgehead atoms. The van der Waals surface area contributed by atoms with E-state index < -0.39 is 0 Å². The van der Waals surface area contributed by atoms with E-state index in [0.717, 1.165) is 24.2 Å². The third kappa shape index (κ3) is 1.34. The first kappa shape index (κ1) is 8.02. The molecule has 4 nitrogen and oxygen atoms in total. The number of fused-ring (bicyclic) bond motifs is 1. The van der Waals surface area contributed by atoms with Crippen molar-refractivity contribution in [2.45, 2.75) is 13.0 Å². The van der Waals surface area contributed by atoms with E-state index in [-0.39, 0.29) is 11.1 Å². The monoisotopic (exact) mass is 175 g/mol. The molecule has 0 aliphatic carbocycles. The van der Waals surface area contributed by atoms with Crippen molar-refractivity contribution in [3.63, 3.8) is 0 Å². The molecule has 1 aliphatic rings. The van der Waals surface area contributed by atoms with Crippen molar-refractivity contribution in [1.29, 1.82) is 5.26 Å². The van der Waals surface area contributed by atoms with Gasteiger partial charge in [0, 0.05) is 12.2 Å². The van der Waals surface area contributed by atoms with Gasteiger partial charge in [-0.05, 0) is 24.6 Å². The fourth-order valence-electron chi connectivity index (χ4n) is 1.51. The average Bonchev–Trinajstić information content (AvgIpc) is 2.17. The summed E-state index contributed by atoms with van der Waals surface area (Å²) in [6, 6.07) is 3.57. The Morgan fingerprint density at radius 3 is 3.15 bits per heavy atom. The van der Waals surface area contributed by atoms with Gasteiger partial charge in [-0.2, -0.15) is 5.26 Å². The summed E-state index contributed by atoms with van der Waals surface area (Å²) < 4.78 is 0. The summed E-state index contributed by atoms with van der Waals surface area (Å²) in [6.07, 6.45) is 0.876. The molecule has 0 unspecified atom stereocenters. The topological polar surface area (TPSA) is 68.7 Å². The van der Waals surface area contributed by atoms with Crippen molar-refractivity contribution in [2.24, 2.45) is 0 Å². The van der Waals surface area contributed by atoms with E-state index in [2.05, 4.69) is 10.3 Å². The first-order valence-corrected chi connectivity index (χ1v) is 4.17. The van der Waals surface area contributed by atoms with E-state index in [4.69, 9.17) is 5.26 Å². The Morgan fingerprint density at radius 1 is 1.54 bits per heavy atom. The maximum absolute atomic E-state index is 11.2. The van der Waals surface area contributed by atoms with Crippen molar-refractivity contribution in [3.8, 4) is 6.07 Å². The lowest BCUT2D eigenvalue weighted by atomic mass is 10.0. The Bertz CT molecular complexity index is 427. The lowest BCUT2D eigenvalue weighted by molar-refractivity contribution is 0.624. The molecule has 0 amide bonds. The molecule has 2 rings (SSSR count). The highest BCUT2D eigenvalue weighted by molar-refractivity contribution is 5.34. The van der Waals surface area contributed by atoms with Crippen molar-refractivity contribution in [2.75, 3.05) is 6.54 Å². The average molecular weight is 175 g/mol. The molecule has 0 atom stereocenters. The molecule has 0 saturated heterocycles. The highest BCUT2D eigenvalue weighted by atomic mass is 16.1. The minimum absolute atomic E-state index is 0.209. The Balaban J connectivity index is 2.59. The van der Waals surface area contributed by atoms with Gasteiger partial charge in [-0.15, -0.1) is 0 Å². The van der Waals surface area contributed by atoms with Crippen LogP contribution in [0.1, 0.15) is 16.8 Å². The van der Waals surface area contributed by atoms with Gasteiger partial charge in [-0.25, -0.2) is 0 Å². The van der Waals surface area contributed by atoms with E-state index in [1.807, 2.05) is 6.07 Å². The molecule has 13 heavy (non-hydrogen) atoms. The zero-order valence-electron chi connectivity index (χ0n) is 7.05. The van der Waals surface area contributed by atoms with Crippen LogP contribution in [0.25, 0.3) is 0 Å². The summed E-state index contributed by atoms with van der Waals surface area (Å²) in [5.41, 5.74) is 1.91. The molecule has 0 radical (unpaired) electrons. The second-order valence-electron chi connectivity index (χ2n) is 3.05. The highest BCUT2D eigenvalue weighted by Gasteiger charge is 2.11. The molecule has 2 heterocycles. The standard InChI is InChI=1S/C9H9N3O/c10-4-7-3-6-1-2-11-5-8(6)12-9(7)13/h3,11H,1-2,5H2,(H,12,13). The van der Waals surface area contributed by atoms with Crippen LogP contribution < -0.4 is 10.9 Å². The number of nitrogens with zero attached hydrogens (tertiary/aromatic N) is 1. The van der Waals surface area contributed by atoms with Crippen LogP contribution in [0.3, 0.4) is 0 Å². The van der Waals surface area contributed by atoms with E-state index in [0.29, 0.717) is 6.54 Å². The second-order valence-corrected chi connectivity index (χ2v) is 3.05. The minimum Gasteiger partial charge on any atom is -0.324 e. The lowest BCUT2D eigenvalue weighted by Gasteiger charge is -2.15. The van der Waals surface area contributed by atoms with Crippen LogP contribution in [0.5, 0.6) is 0 Å². The van der Waals surface area contributed by atoms with Crippen LogP contribution in [0.4, 0.5) is 0 Å². The van der Waals surface area contributed by atoms with Crippen molar-refractivity contribution >= 4 is 0 Å². The molecule has 1 aromatic rings. The molecule has 1 aromatic heterocycles. The van der Waals surface area contributed by atoms with Crippen LogP contribution in [0, 0.1) is 11.3 Å². The van der Waals surface area contributed by atoms with Gasteiger partial charge in [0.2, 0.25) is 0 Å². The first-order valence-electron chi connectivity index (χ1n) is 4.17. The minimum atomic E-state index is -0.287. The summed E-state index contributed by atoms with van der Waals surface area (Å²) in [5, 5.41) is 11.8. The number of hydrogen-bond acceptors (Lipinski definition) is 3. The molecule has 0 fully saturated rings. The summed E-state index contributed by atoms with van der Waals surface area (Å²) in [7, 11) is 0. The molecule has 0 saturated carbocycles.